The lowest BCUT2D eigenvalue weighted by molar-refractivity contribution is -0.125. The van der Waals surface area contributed by atoms with E-state index in [9.17, 15) is 10.1 Å². The van der Waals surface area contributed by atoms with Crippen molar-refractivity contribution < 1.29 is 4.79 Å². The lowest BCUT2D eigenvalue weighted by Gasteiger charge is -2.52. The molecule has 0 bridgehead atoms. The van der Waals surface area contributed by atoms with Gasteiger partial charge in [0.05, 0.1) is 12.7 Å². The van der Waals surface area contributed by atoms with Crippen molar-refractivity contribution in [3.8, 4) is 6.07 Å². The molecule has 1 N–H and O–H groups in total. The summed E-state index contributed by atoms with van der Waals surface area (Å²) < 4.78 is 0. The van der Waals surface area contributed by atoms with Crippen LogP contribution in [-0.2, 0) is 4.79 Å². The summed E-state index contributed by atoms with van der Waals surface area (Å²) in [5.41, 5.74) is 1.37. The summed E-state index contributed by atoms with van der Waals surface area (Å²) in [5.74, 6) is 0.356. The minimum atomic E-state index is -0.509. The Labute approximate surface area is 184 Å². The molecule has 1 amide bonds. The first-order valence-electron chi connectivity index (χ1n) is 11.5. The Morgan fingerprint density at radius 2 is 1.61 bits per heavy atom. The van der Waals surface area contributed by atoms with E-state index in [0.717, 1.165) is 50.9 Å². The van der Waals surface area contributed by atoms with E-state index in [1.54, 1.807) is 0 Å². The van der Waals surface area contributed by atoms with E-state index >= 15 is 0 Å². The molecule has 2 unspecified atom stereocenters. The second-order valence-corrected chi connectivity index (χ2v) is 9.19. The van der Waals surface area contributed by atoms with Gasteiger partial charge in [-0.15, -0.1) is 0 Å². The van der Waals surface area contributed by atoms with Gasteiger partial charge in [0.25, 0.3) is 0 Å². The van der Waals surface area contributed by atoms with Gasteiger partial charge >= 0.3 is 0 Å². The smallest absolute Gasteiger partial charge is 0.247 e. The summed E-state index contributed by atoms with van der Waals surface area (Å²) in [6.07, 6.45) is 5.72. The van der Waals surface area contributed by atoms with Gasteiger partial charge in [0.2, 0.25) is 5.91 Å². The molecule has 2 aliphatic heterocycles. The number of hydrogen-bond donors (Lipinski definition) is 1. The average Bonchev–Trinajstić information content (AvgIpc) is 3.15. The number of nitrogens with zero attached hydrogens (tertiary/aromatic N) is 3. The molecular formula is C26H30N4O. The van der Waals surface area contributed by atoms with Crippen molar-refractivity contribution in [1.82, 2.24) is 10.2 Å². The van der Waals surface area contributed by atoms with Gasteiger partial charge in [-0.1, -0.05) is 61.4 Å². The van der Waals surface area contributed by atoms with Crippen LogP contribution in [0, 0.1) is 11.3 Å². The van der Waals surface area contributed by atoms with Gasteiger partial charge in [-0.05, 0) is 43.4 Å². The Kier molecular flexibility index (Phi) is 5.19. The monoisotopic (exact) mass is 414 g/mol. The molecule has 0 radical (unpaired) electrons. The van der Waals surface area contributed by atoms with Crippen LogP contribution in [0.3, 0.4) is 0 Å². The number of anilines is 1. The number of rotatable bonds is 3. The van der Waals surface area contributed by atoms with Gasteiger partial charge in [-0.25, -0.2) is 0 Å². The Bertz CT molecular complexity index is 962. The lowest BCUT2D eigenvalue weighted by atomic mass is 9.68. The maximum Gasteiger partial charge on any atom is 0.247 e. The van der Waals surface area contributed by atoms with Crippen molar-refractivity contribution in [3.05, 3.63) is 66.2 Å². The molecule has 160 valence electrons. The van der Waals surface area contributed by atoms with Crippen molar-refractivity contribution in [1.29, 1.82) is 5.26 Å². The van der Waals surface area contributed by atoms with E-state index in [4.69, 9.17) is 0 Å². The van der Waals surface area contributed by atoms with Crippen LogP contribution in [0.25, 0.3) is 0 Å². The van der Waals surface area contributed by atoms with Crippen molar-refractivity contribution in [3.63, 3.8) is 0 Å². The van der Waals surface area contributed by atoms with Gasteiger partial charge in [-0.2, -0.15) is 5.26 Å². The summed E-state index contributed by atoms with van der Waals surface area (Å²) in [6.45, 7) is 2.10. The van der Waals surface area contributed by atoms with Gasteiger partial charge in [0.1, 0.15) is 11.1 Å². The number of nitriles is 1. The zero-order valence-electron chi connectivity index (χ0n) is 18.0. The number of carbonyl (C=O) groups is 1. The highest BCUT2D eigenvalue weighted by atomic mass is 16.2. The van der Waals surface area contributed by atoms with Crippen molar-refractivity contribution in [2.75, 3.05) is 24.7 Å². The minimum absolute atomic E-state index is 0.130. The van der Waals surface area contributed by atoms with Gasteiger partial charge in [0, 0.05) is 24.7 Å². The van der Waals surface area contributed by atoms with E-state index in [1.807, 2.05) is 24.3 Å². The Hall–Kier alpha value is -2.84. The molecule has 2 aromatic carbocycles. The highest BCUT2D eigenvalue weighted by Crippen LogP contribution is 2.47. The summed E-state index contributed by atoms with van der Waals surface area (Å²) in [5, 5.41) is 13.6. The molecular weight excluding hydrogens is 384 g/mol. The number of benzene rings is 2. The molecule has 1 spiro atoms. The topological polar surface area (TPSA) is 59.4 Å². The van der Waals surface area contributed by atoms with Gasteiger partial charge in [0.15, 0.2) is 0 Å². The predicted octanol–water partition coefficient (Wildman–Crippen LogP) is 4.04. The zero-order valence-corrected chi connectivity index (χ0v) is 18.0. The molecule has 5 nitrogen and oxygen atoms in total. The number of likely N-dealkylation sites (tertiary alicyclic amines) is 1. The van der Waals surface area contributed by atoms with E-state index < -0.39 is 11.1 Å². The highest BCUT2D eigenvalue weighted by Gasteiger charge is 2.54. The fourth-order valence-electron chi connectivity index (χ4n) is 6.18. The van der Waals surface area contributed by atoms with Crippen LogP contribution >= 0.6 is 0 Å². The third-order valence-electron chi connectivity index (χ3n) is 7.83. The molecule has 3 aliphatic rings. The standard InChI is InChI=1S/C26H30N4O/c27-19-26(14-8-7-13-23(26)21-9-3-1-4-10-21)29-17-15-25(16-18-29)24(31)28-20-30(25)22-11-5-2-6-12-22/h1-6,9-12,23H,7-8,13-18,20H2,(H,28,31). The van der Waals surface area contributed by atoms with Crippen LogP contribution < -0.4 is 10.2 Å². The van der Waals surface area contributed by atoms with Crippen LogP contribution in [0.2, 0.25) is 0 Å². The second-order valence-electron chi connectivity index (χ2n) is 9.19. The maximum atomic E-state index is 13.0. The van der Waals surface area contributed by atoms with Crippen LogP contribution in [-0.4, -0.2) is 41.6 Å². The van der Waals surface area contributed by atoms with E-state index in [0.29, 0.717) is 6.67 Å². The third-order valence-corrected chi connectivity index (χ3v) is 7.83. The number of amides is 1. The Morgan fingerprint density at radius 3 is 2.29 bits per heavy atom. The van der Waals surface area contributed by atoms with Crippen molar-refractivity contribution in [2.24, 2.45) is 0 Å². The molecule has 31 heavy (non-hydrogen) atoms. The first-order valence-corrected chi connectivity index (χ1v) is 11.5. The largest absolute Gasteiger partial charge is 0.339 e. The molecule has 1 saturated carbocycles. The van der Waals surface area contributed by atoms with E-state index in [1.165, 1.54) is 12.0 Å². The molecule has 0 aromatic heterocycles. The highest BCUT2D eigenvalue weighted by molar-refractivity contribution is 5.93. The van der Waals surface area contributed by atoms with Gasteiger partial charge < -0.3 is 10.2 Å². The molecule has 2 aromatic rings. The normalized spacial score (nSPS) is 28.3. The van der Waals surface area contributed by atoms with Crippen molar-refractivity contribution >= 4 is 11.6 Å². The number of carbonyl (C=O) groups excluding carboxylic acids is 1. The fourth-order valence-corrected chi connectivity index (χ4v) is 6.18. The summed E-state index contributed by atoms with van der Waals surface area (Å²) in [7, 11) is 0. The molecule has 3 fully saturated rings. The first kappa shape index (κ1) is 20.1. The zero-order chi connectivity index (χ0) is 21.3. The Morgan fingerprint density at radius 1 is 0.935 bits per heavy atom. The van der Waals surface area contributed by atoms with Crippen LogP contribution in [0.5, 0.6) is 0 Å². The van der Waals surface area contributed by atoms with Gasteiger partial charge in [-0.3, -0.25) is 9.69 Å². The van der Waals surface area contributed by atoms with E-state index in [-0.39, 0.29) is 11.8 Å². The summed E-state index contributed by atoms with van der Waals surface area (Å²) in [6, 6.07) is 23.6. The second kappa shape index (κ2) is 8.01. The fraction of sp³-hybridized carbons (Fsp3) is 0.462. The average molecular weight is 415 g/mol. The quantitative estimate of drug-likeness (QED) is 0.824. The molecule has 2 atom stereocenters. The minimum Gasteiger partial charge on any atom is -0.339 e. The number of para-hydroxylation sites is 1. The van der Waals surface area contributed by atoms with Crippen LogP contribution in [0.1, 0.15) is 50.0 Å². The van der Waals surface area contributed by atoms with Crippen molar-refractivity contribution in [2.45, 2.75) is 55.5 Å². The predicted molar refractivity (Wildman–Crippen MR) is 121 cm³/mol. The lowest BCUT2D eigenvalue weighted by Crippen LogP contribution is -2.62. The molecule has 2 heterocycles. The number of nitrogens with one attached hydrogen (secondary N) is 1. The molecule has 1 aliphatic carbocycles. The first-order chi connectivity index (χ1) is 15.2. The number of hydrogen-bond acceptors (Lipinski definition) is 4. The molecule has 5 rings (SSSR count). The van der Waals surface area contributed by atoms with E-state index in [2.05, 4.69) is 57.6 Å². The summed E-state index contributed by atoms with van der Waals surface area (Å²) >= 11 is 0. The van der Waals surface area contributed by atoms with Crippen LogP contribution in [0.4, 0.5) is 5.69 Å². The third kappa shape index (κ3) is 3.21. The number of piperidine rings is 1. The Balaban J connectivity index is 1.42. The molecule has 5 heteroatoms. The maximum absolute atomic E-state index is 13.0. The van der Waals surface area contributed by atoms with Crippen LogP contribution in [0.15, 0.2) is 60.7 Å². The SMILES string of the molecule is N#CC1(N2CCC3(CC2)C(=O)NCN3c2ccccc2)CCCCC1c1ccccc1. The summed E-state index contributed by atoms with van der Waals surface area (Å²) in [4.78, 5) is 17.7. The molecule has 2 saturated heterocycles.